The summed E-state index contributed by atoms with van der Waals surface area (Å²) in [4.78, 5) is 0. The average molecular weight is 784 g/mol. The molecule has 0 radical (unpaired) electrons. The molecule has 0 N–H and O–H groups in total. The molecule has 10 rings (SSSR count). The third-order valence-corrected chi connectivity index (χ3v) is 12.0. The van der Waals surface area contributed by atoms with Gasteiger partial charge in [-0.2, -0.15) is 0 Å². The fraction of sp³-hybridized carbons (Fsp3) is 0.158. The van der Waals surface area contributed by atoms with Crippen molar-refractivity contribution in [3.63, 3.8) is 0 Å². The predicted molar refractivity (Wildman–Crippen MR) is 261 cm³/mol. The molecule has 0 spiro atoms. The Bertz CT molecular complexity index is 2920. The van der Waals surface area contributed by atoms with E-state index in [0.29, 0.717) is 5.92 Å². The molecule has 0 bridgehead atoms. The van der Waals surface area contributed by atoms with E-state index in [4.69, 9.17) is 0 Å². The number of nitrogens with zero attached hydrogens (tertiary/aromatic N) is 1. The van der Waals surface area contributed by atoms with Gasteiger partial charge >= 0.3 is 0 Å². The second kappa shape index (κ2) is 18.5. The Kier molecular flexibility index (Phi) is 12.8. The van der Waals surface area contributed by atoms with E-state index < -0.39 is 0 Å². The minimum atomic E-state index is 0.349. The number of aromatic nitrogens is 1. The van der Waals surface area contributed by atoms with Crippen LogP contribution in [0.5, 0.6) is 0 Å². The summed E-state index contributed by atoms with van der Waals surface area (Å²) < 4.78 is 5.12. The Morgan fingerprint density at radius 3 is 2.08 bits per heavy atom. The largest absolute Gasteiger partial charge is 0.302 e. The van der Waals surface area contributed by atoms with E-state index in [1.54, 1.807) is 0 Å². The molecule has 1 atom stereocenters. The number of benzene rings is 6. The maximum Gasteiger partial charge on any atom is 0.105 e. The van der Waals surface area contributed by atoms with Crippen molar-refractivity contribution in [3.05, 3.63) is 204 Å². The molecule has 0 amide bonds. The van der Waals surface area contributed by atoms with E-state index in [0.717, 1.165) is 16.8 Å². The van der Waals surface area contributed by atoms with Gasteiger partial charge in [-0.25, -0.2) is 0 Å². The van der Waals surface area contributed by atoms with Crippen LogP contribution in [0, 0.1) is 19.1 Å². The van der Waals surface area contributed by atoms with Crippen LogP contribution < -0.4 is 0 Å². The predicted octanol–water partition coefficient (Wildman–Crippen LogP) is 17.1. The van der Waals surface area contributed by atoms with Crippen LogP contribution in [0.2, 0.25) is 0 Å². The second-order valence-electron chi connectivity index (χ2n) is 14.4. The van der Waals surface area contributed by atoms with Crippen LogP contribution in [0.1, 0.15) is 76.6 Å². The highest BCUT2D eigenvalue weighted by Gasteiger charge is 2.29. The van der Waals surface area contributed by atoms with E-state index >= 15 is 0 Å². The van der Waals surface area contributed by atoms with Crippen molar-refractivity contribution in [1.82, 2.24) is 4.57 Å². The molecular formula is C57H53NS. The van der Waals surface area contributed by atoms with E-state index in [1.165, 1.54) is 81.0 Å². The molecule has 9 aromatic rings. The summed E-state index contributed by atoms with van der Waals surface area (Å²) >= 11 is 1.94. The fourth-order valence-corrected chi connectivity index (χ4v) is 9.42. The van der Waals surface area contributed by atoms with Crippen LogP contribution >= 0.6 is 11.3 Å². The normalized spacial score (nSPS) is 13.1. The Morgan fingerprint density at radius 1 is 0.661 bits per heavy atom. The fourth-order valence-electron chi connectivity index (χ4n) is 8.08. The summed E-state index contributed by atoms with van der Waals surface area (Å²) in [6.07, 6.45) is 10.6. The molecule has 1 unspecified atom stereocenters. The highest BCUT2D eigenvalue weighted by atomic mass is 32.1. The van der Waals surface area contributed by atoms with Gasteiger partial charge in [0.1, 0.15) is 5.52 Å². The van der Waals surface area contributed by atoms with Gasteiger partial charge in [-0.15, -0.1) is 11.3 Å². The van der Waals surface area contributed by atoms with E-state index in [1.807, 2.05) is 82.4 Å². The smallest absolute Gasteiger partial charge is 0.105 e. The summed E-state index contributed by atoms with van der Waals surface area (Å²) in [5.41, 5.74) is 15.0. The van der Waals surface area contributed by atoms with Gasteiger partial charge in [0.05, 0.1) is 5.52 Å². The molecule has 2 aromatic heterocycles. The van der Waals surface area contributed by atoms with Crippen molar-refractivity contribution >= 4 is 59.4 Å². The van der Waals surface area contributed by atoms with Gasteiger partial charge in [-0.1, -0.05) is 174 Å². The Labute approximate surface area is 355 Å². The molecule has 292 valence electrons. The van der Waals surface area contributed by atoms with Gasteiger partial charge in [0.2, 0.25) is 0 Å². The molecule has 1 aliphatic carbocycles. The Balaban J connectivity index is 0.000000475. The lowest BCUT2D eigenvalue weighted by molar-refractivity contribution is 0.969. The van der Waals surface area contributed by atoms with Gasteiger partial charge in [0.25, 0.3) is 0 Å². The number of hydrogen-bond acceptors (Lipinski definition) is 1. The number of hydrogen-bond donors (Lipinski definition) is 0. The zero-order valence-corrected chi connectivity index (χ0v) is 36.4. The number of aryl methyl sites for hydroxylation is 1. The van der Waals surface area contributed by atoms with Crippen molar-refractivity contribution in [2.24, 2.45) is 0 Å². The van der Waals surface area contributed by atoms with Crippen LogP contribution in [0.15, 0.2) is 169 Å². The van der Waals surface area contributed by atoms with Crippen LogP contribution in [-0.4, -0.2) is 4.57 Å². The second-order valence-corrected chi connectivity index (χ2v) is 15.5. The minimum absolute atomic E-state index is 0.349. The monoisotopic (exact) mass is 783 g/mol. The summed E-state index contributed by atoms with van der Waals surface area (Å²) in [7, 11) is 0. The standard InChI is InChI=1S/C47H35NS.C6H6.2C2H6/c1-5-6-9-29(2)12-14-32-15-25-44-42(27-32)41-26-30(3)13-24-43(41)48(44)35-19-16-33(17-20-35)34-18-21-36-38-22-23-39-37-10-7-8-11-45(37)49-47(39)46(38)31(4)40(36)28-34;1-2-4-6-5-3-1;2*1-2/h5-12,14-23,25-28,31H,1-4H3;1-6H;2*1-2H3/b6-5-,14-12+,29-9-;;;. The third kappa shape index (κ3) is 8.05. The van der Waals surface area contributed by atoms with Crippen LogP contribution in [0.4, 0.5) is 0 Å². The molecule has 0 saturated carbocycles. The van der Waals surface area contributed by atoms with Crippen molar-refractivity contribution in [2.75, 3.05) is 0 Å². The first-order chi connectivity index (χ1) is 29.0. The maximum absolute atomic E-state index is 3.48. The van der Waals surface area contributed by atoms with E-state index in [9.17, 15) is 0 Å². The molecule has 1 nitrogen and oxygen atoms in total. The third-order valence-electron chi connectivity index (χ3n) is 10.8. The maximum atomic E-state index is 3.48. The van der Waals surface area contributed by atoms with E-state index in [2.05, 4.69) is 171 Å². The summed E-state index contributed by atoms with van der Waals surface area (Å²) in [6, 6.07) is 57.4. The molecule has 0 aliphatic heterocycles. The number of fused-ring (bicyclic) bond motifs is 10. The van der Waals surface area contributed by atoms with Crippen LogP contribution in [-0.2, 0) is 0 Å². The molecule has 0 saturated heterocycles. The molecule has 1 aliphatic rings. The summed E-state index contributed by atoms with van der Waals surface area (Å²) in [5.74, 6) is 0.349. The lowest BCUT2D eigenvalue weighted by Gasteiger charge is -2.11. The number of rotatable bonds is 5. The topological polar surface area (TPSA) is 4.93 Å². The first-order valence-electron chi connectivity index (χ1n) is 21.0. The van der Waals surface area contributed by atoms with Crippen molar-refractivity contribution in [1.29, 1.82) is 0 Å². The number of allylic oxidation sites excluding steroid dienone is 5. The lowest BCUT2D eigenvalue weighted by atomic mass is 9.95. The van der Waals surface area contributed by atoms with Crippen molar-refractivity contribution in [2.45, 2.75) is 61.3 Å². The number of thiophene rings is 1. The Morgan fingerprint density at radius 2 is 1.36 bits per heavy atom. The summed E-state index contributed by atoms with van der Waals surface area (Å²) in [6.45, 7) is 16.6. The van der Waals surface area contributed by atoms with Gasteiger partial charge in [0.15, 0.2) is 0 Å². The first-order valence-corrected chi connectivity index (χ1v) is 21.9. The van der Waals surface area contributed by atoms with Gasteiger partial charge in [0, 0.05) is 48.1 Å². The molecule has 2 heteroatoms. The molecule has 0 fully saturated rings. The average Bonchev–Trinajstić information content (AvgIpc) is 3.93. The zero-order valence-electron chi connectivity index (χ0n) is 35.6. The van der Waals surface area contributed by atoms with Gasteiger partial charge in [-0.05, 0) is 108 Å². The first kappa shape index (κ1) is 40.8. The Hall–Kier alpha value is -6.40. The van der Waals surface area contributed by atoms with Gasteiger partial charge < -0.3 is 4.57 Å². The zero-order chi connectivity index (χ0) is 41.5. The van der Waals surface area contributed by atoms with Crippen molar-refractivity contribution < 1.29 is 0 Å². The summed E-state index contributed by atoms with van der Waals surface area (Å²) in [5, 5.41) is 5.17. The molecule has 59 heavy (non-hydrogen) atoms. The SMILES string of the molecule is CC.CC.C\C=C/C=C(C)\C=C\c1ccc2c(c1)c1cc(C)c#cc1n2-c1ccc(-c2ccc3c(c2)C(C)c2c-3ccc3c2sc2ccccc23)cc1.c1ccccc1. The lowest BCUT2D eigenvalue weighted by Crippen LogP contribution is -1.94. The highest BCUT2D eigenvalue weighted by Crippen LogP contribution is 2.51. The van der Waals surface area contributed by atoms with E-state index in [-0.39, 0.29) is 0 Å². The quantitative estimate of drug-likeness (QED) is 0.153. The molecule has 2 heterocycles. The van der Waals surface area contributed by atoms with Crippen LogP contribution in [0.3, 0.4) is 0 Å². The van der Waals surface area contributed by atoms with Crippen molar-refractivity contribution in [3.8, 4) is 27.9 Å². The molecular weight excluding hydrogens is 731 g/mol. The minimum Gasteiger partial charge on any atom is -0.302 e. The highest BCUT2D eigenvalue weighted by molar-refractivity contribution is 7.26. The van der Waals surface area contributed by atoms with Gasteiger partial charge in [-0.3, -0.25) is 0 Å². The van der Waals surface area contributed by atoms with Crippen LogP contribution in [0.25, 0.3) is 76.0 Å². The molecule has 7 aromatic carbocycles.